The molecule has 4 rings (SSSR count). The van der Waals surface area contributed by atoms with Gasteiger partial charge in [0.2, 0.25) is 0 Å². The molecule has 0 saturated carbocycles. The molecule has 1 saturated heterocycles. The number of anilines is 1. The number of amides is 1. The second kappa shape index (κ2) is 10.9. The standard InChI is InChI=1S/C26H30F3N5O/c1-32-18-24(31-19-32)20-7-9-21(10-8-20)25(35)30-11-2-3-12-33-13-15-34(16-14-33)23-6-4-5-22(17-23)26(27,28)29/h4-10,17-19H,2-3,11-16H2,1H3,(H,30,35). The van der Waals surface area contributed by atoms with Crippen molar-refractivity contribution >= 4 is 11.6 Å². The van der Waals surface area contributed by atoms with Crippen molar-refractivity contribution in [2.45, 2.75) is 19.0 Å². The van der Waals surface area contributed by atoms with Gasteiger partial charge in [0, 0.05) is 62.8 Å². The van der Waals surface area contributed by atoms with Crippen LogP contribution in [0.5, 0.6) is 0 Å². The van der Waals surface area contributed by atoms with Crippen molar-refractivity contribution < 1.29 is 18.0 Å². The first-order valence-corrected chi connectivity index (χ1v) is 11.8. The maximum atomic E-state index is 13.0. The Morgan fingerprint density at radius 3 is 2.43 bits per heavy atom. The van der Waals surface area contributed by atoms with E-state index in [9.17, 15) is 18.0 Å². The average molecular weight is 486 g/mol. The van der Waals surface area contributed by atoms with E-state index >= 15 is 0 Å². The van der Waals surface area contributed by atoms with Gasteiger partial charge in [0.15, 0.2) is 0 Å². The summed E-state index contributed by atoms with van der Waals surface area (Å²) in [6, 6.07) is 13.0. The number of aryl methyl sites for hydroxylation is 1. The molecule has 0 spiro atoms. The molecule has 1 amide bonds. The van der Waals surface area contributed by atoms with Crippen LogP contribution in [-0.2, 0) is 13.2 Å². The van der Waals surface area contributed by atoms with Crippen molar-refractivity contribution in [3.05, 3.63) is 72.2 Å². The van der Waals surface area contributed by atoms with Crippen molar-refractivity contribution in [2.24, 2.45) is 7.05 Å². The summed E-state index contributed by atoms with van der Waals surface area (Å²) >= 11 is 0. The Morgan fingerprint density at radius 2 is 1.77 bits per heavy atom. The van der Waals surface area contributed by atoms with E-state index in [1.54, 1.807) is 12.4 Å². The number of carbonyl (C=O) groups is 1. The van der Waals surface area contributed by atoms with E-state index in [4.69, 9.17) is 0 Å². The molecule has 1 aromatic heterocycles. The topological polar surface area (TPSA) is 53.4 Å². The lowest BCUT2D eigenvalue weighted by Crippen LogP contribution is -2.46. The second-order valence-electron chi connectivity index (χ2n) is 8.84. The molecule has 186 valence electrons. The van der Waals surface area contributed by atoms with Gasteiger partial charge >= 0.3 is 6.18 Å². The Balaban J connectivity index is 1.14. The van der Waals surface area contributed by atoms with E-state index in [0.717, 1.165) is 49.8 Å². The number of nitrogens with zero attached hydrogens (tertiary/aromatic N) is 4. The number of carbonyl (C=O) groups excluding carboxylic acids is 1. The van der Waals surface area contributed by atoms with Crippen LogP contribution in [0.3, 0.4) is 0 Å². The summed E-state index contributed by atoms with van der Waals surface area (Å²) in [5.41, 5.74) is 2.47. The molecule has 1 fully saturated rings. The fourth-order valence-corrected chi connectivity index (χ4v) is 4.23. The lowest BCUT2D eigenvalue weighted by atomic mass is 10.1. The predicted molar refractivity (Wildman–Crippen MR) is 130 cm³/mol. The van der Waals surface area contributed by atoms with Gasteiger partial charge in [-0.05, 0) is 49.7 Å². The summed E-state index contributed by atoms with van der Waals surface area (Å²) in [6.07, 6.45) is 1.16. The van der Waals surface area contributed by atoms with Crippen LogP contribution >= 0.6 is 0 Å². The minimum atomic E-state index is -4.32. The second-order valence-corrected chi connectivity index (χ2v) is 8.84. The van der Waals surface area contributed by atoms with Crippen LogP contribution in [0.4, 0.5) is 18.9 Å². The molecule has 0 atom stereocenters. The first kappa shape index (κ1) is 24.8. The molecule has 2 aromatic carbocycles. The van der Waals surface area contributed by atoms with E-state index in [0.29, 0.717) is 30.9 Å². The Labute approximate surface area is 203 Å². The summed E-state index contributed by atoms with van der Waals surface area (Å²) < 4.78 is 40.8. The SMILES string of the molecule is Cn1cnc(-c2ccc(C(=O)NCCCCN3CCN(c4cccc(C(F)(F)F)c4)CC3)cc2)c1. The molecule has 0 aliphatic carbocycles. The van der Waals surface area contributed by atoms with Crippen LogP contribution < -0.4 is 10.2 Å². The van der Waals surface area contributed by atoms with Crippen molar-refractivity contribution in [3.8, 4) is 11.3 Å². The summed E-state index contributed by atoms with van der Waals surface area (Å²) in [5, 5.41) is 2.97. The monoisotopic (exact) mass is 485 g/mol. The van der Waals surface area contributed by atoms with E-state index in [1.165, 1.54) is 12.1 Å². The number of hydrogen-bond acceptors (Lipinski definition) is 4. The Morgan fingerprint density at radius 1 is 1.03 bits per heavy atom. The van der Waals surface area contributed by atoms with Crippen LogP contribution in [0.2, 0.25) is 0 Å². The Bertz CT molecular complexity index is 1120. The van der Waals surface area contributed by atoms with Gasteiger partial charge in [0.25, 0.3) is 5.91 Å². The number of aromatic nitrogens is 2. The molecule has 6 nitrogen and oxygen atoms in total. The van der Waals surface area contributed by atoms with Crippen LogP contribution in [0.15, 0.2) is 61.1 Å². The zero-order valence-electron chi connectivity index (χ0n) is 19.8. The average Bonchev–Trinajstić information content (AvgIpc) is 3.30. The number of benzene rings is 2. The Kier molecular flexibility index (Phi) is 7.75. The van der Waals surface area contributed by atoms with Gasteiger partial charge in [-0.1, -0.05) is 18.2 Å². The first-order chi connectivity index (χ1) is 16.8. The number of imidazole rings is 1. The lowest BCUT2D eigenvalue weighted by molar-refractivity contribution is -0.137. The van der Waals surface area contributed by atoms with Crippen LogP contribution in [0.1, 0.15) is 28.8 Å². The summed E-state index contributed by atoms with van der Waals surface area (Å²) in [4.78, 5) is 21.0. The van der Waals surface area contributed by atoms with Crippen molar-refractivity contribution in [3.63, 3.8) is 0 Å². The zero-order valence-corrected chi connectivity index (χ0v) is 19.8. The summed E-state index contributed by atoms with van der Waals surface area (Å²) in [7, 11) is 1.92. The molecule has 2 heterocycles. The number of hydrogen-bond donors (Lipinski definition) is 1. The first-order valence-electron chi connectivity index (χ1n) is 11.8. The molecule has 1 aliphatic rings. The maximum Gasteiger partial charge on any atom is 0.416 e. The highest BCUT2D eigenvalue weighted by Crippen LogP contribution is 2.31. The maximum absolute atomic E-state index is 13.0. The van der Waals surface area contributed by atoms with Gasteiger partial charge < -0.3 is 14.8 Å². The predicted octanol–water partition coefficient (Wildman–Crippen LogP) is 4.44. The molecule has 1 aliphatic heterocycles. The number of rotatable bonds is 8. The Hall–Kier alpha value is -3.33. The van der Waals surface area contributed by atoms with E-state index < -0.39 is 11.7 Å². The van der Waals surface area contributed by atoms with Gasteiger partial charge in [-0.15, -0.1) is 0 Å². The molecule has 3 aromatic rings. The molecular weight excluding hydrogens is 455 g/mol. The molecule has 9 heteroatoms. The van der Waals surface area contributed by atoms with Gasteiger partial charge in [0.05, 0.1) is 17.6 Å². The zero-order chi connectivity index (χ0) is 24.8. The van der Waals surface area contributed by atoms with Crippen molar-refractivity contribution in [1.29, 1.82) is 0 Å². The molecule has 1 N–H and O–H groups in total. The normalized spacial score (nSPS) is 14.8. The fourth-order valence-electron chi connectivity index (χ4n) is 4.23. The number of unbranched alkanes of at least 4 members (excludes halogenated alkanes) is 1. The van der Waals surface area contributed by atoms with Gasteiger partial charge in [-0.25, -0.2) is 4.98 Å². The molecule has 0 bridgehead atoms. The lowest BCUT2D eigenvalue weighted by Gasteiger charge is -2.36. The summed E-state index contributed by atoms with van der Waals surface area (Å²) in [6.45, 7) is 4.53. The third-order valence-electron chi connectivity index (χ3n) is 6.25. The number of piperazine rings is 1. The van der Waals surface area contributed by atoms with Crippen LogP contribution in [-0.4, -0.2) is 59.6 Å². The minimum absolute atomic E-state index is 0.0905. The van der Waals surface area contributed by atoms with E-state index in [-0.39, 0.29) is 5.91 Å². The fraction of sp³-hybridized carbons (Fsp3) is 0.385. The smallest absolute Gasteiger partial charge is 0.369 e. The highest BCUT2D eigenvalue weighted by atomic mass is 19.4. The third-order valence-corrected chi connectivity index (χ3v) is 6.25. The van der Waals surface area contributed by atoms with Crippen molar-refractivity contribution in [1.82, 2.24) is 19.8 Å². The van der Waals surface area contributed by atoms with Gasteiger partial charge in [0.1, 0.15) is 0 Å². The number of halogens is 3. The molecule has 35 heavy (non-hydrogen) atoms. The minimum Gasteiger partial charge on any atom is -0.369 e. The third kappa shape index (κ3) is 6.63. The number of alkyl halides is 3. The van der Waals surface area contributed by atoms with Gasteiger partial charge in [-0.2, -0.15) is 13.2 Å². The van der Waals surface area contributed by atoms with Crippen LogP contribution in [0.25, 0.3) is 11.3 Å². The molecule has 0 unspecified atom stereocenters. The van der Waals surface area contributed by atoms with Crippen molar-refractivity contribution in [2.75, 3.05) is 44.2 Å². The highest BCUT2D eigenvalue weighted by molar-refractivity contribution is 5.94. The van der Waals surface area contributed by atoms with E-state index in [1.807, 2.05) is 47.0 Å². The summed E-state index contributed by atoms with van der Waals surface area (Å²) in [5.74, 6) is -0.0905. The molecular formula is C26H30F3N5O. The highest BCUT2D eigenvalue weighted by Gasteiger charge is 2.31. The largest absolute Gasteiger partial charge is 0.416 e. The van der Waals surface area contributed by atoms with E-state index in [2.05, 4.69) is 15.2 Å². The number of nitrogens with one attached hydrogen (secondary N) is 1. The van der Waals surface area contributed by atoms with Gasteiger partial charge in [-0.3, -0.25) is 9.69 Å². The van der Waals surface area contributed by atoms with Crippen LogP contribution in [0, 0.1) is 0 Å². The molecule has 0 radical (unpaired) electrons. The quantitative estimate of drug-likeness (QED) is 0.480.